The number of nitrogens with zero attached hydrogens (tertiary/aromatic N) is 4. The van der Waals surface area contributed by atoms with E-state index in [1.165, 1.54) is 24.3 Å². The minimum atomic E-state index is -4.33. The number of alkyl halides is 3. The summed E-state index contributed by atoms with van der Waals surface area (Å²) in [7, 11) is 0. The predicted molar refractivity (Wildman–Crippen MR) is 106 cm³/mol. The minimum Gasteiger partial charge on any atom is -0.419 e. The number of hydrogen-bond donors (Lipinski definition) is 0. The lowest BCUT2D eigenvalue weighted by Crippen LogP contribution is -2.46. The number of halogens is 4. The van der Waals surface area contributed by atoms with Crippen molar-refractivity contribution in [3.05, 3.63) is 71.4 Å². The fourth-order valence-electron chi connectivity index (χ4n) is 3.68. The van der Waals surface area contributed by atoms with Crippen LogP contribution in [0.2, 0.25) is 0 Å². The first-order valence-electron chi connectivity index (χ1n) is 10.0. The number of rotatable bonds is 5. The zero-order valence-corrected chi connectivity index (χ0v) is 16.9. The van der Waals surface area contributed by atoms with Gasteiger partial charge >= 0.3 is 6.18 Å². The summed E-state index contributed by atoms with van der Waals surface area (Å²) >= 11 is 0. The summed E-state index contributed by atoms with van der Waals surface area (Å²) in [6.07, 6.45) is -4.33. The molecule has 164 valence electrons. The fraction of sp³-hybridized carbons (Fsp3) is 0.364. The van der Waals surface area contributed by atoms with E-state index in [0.717, 1.165) is 32.2 Å². The van der Waals surface area contributed by atoms with E-state index in [2.05, 4.69) is 20.0 Å². The maximum absolute atomic E-state index is 13.1. The Morgan fingerprint density at radius 2 is 1.71 bits per heavy atom. The van der Waals surface area contributed by atoms with Crippen LogP contribution in [0.15, 0.2) is 52.9 Å². The molecule has 1 atom stereocenters. The monoisotopic (exact) mass is 434 g/mol. The van der Waals surface area contributed by atoms with Crippen LogP contribution in [0.25, 0.3) is 11.5 Å². The molecule has 0 amide bonds. The van der Waals surface area contributed by atoms with Crippen molar-refractivity contribution in [2.45, 2.75) is 25.7 Å². The molecule has 4 rings (SSSR count). The van der Waals surface area contributed by atoms with Crippen LogP contribution in [0.1, 0.15) is 30.0 Å². The van der Waals surface area contributed by atoms with E-state index in [1.54, 1.807) is 18.2 Å². The Kier molecular flexibility index (Phi) is 6.06. The molecular formula is C22H22F4N4O. The maximum atomic E-state index is 13.1. The standard InChI is InChI=1S/C22H22F4N4O/c1-15(20-27-28-21(31-20)17-5-7-19(23)8-6-17)30-11-9-29(10-12-30)14-16-3-2-4-18(13-16)22(24,25)26/h2-8,13,15H,9-12,14H2,1H3. The molecule has 2 heterocycles. The highest BCUT2D eigenvalue weighted by Gasteiger charge is 2.31. The van der Waals surface area contributed by atoms with Crippen LogP contribution < -0.4 is 0 Å². The summed E-state index contributed by atoms with van der Waals surface area (Å²) in [5.74, 6) is 0.482. The summed E-state index contributed by atoms with van der Waals surface area (Å²) in [5, 5.41) is 8.20. The van der Waals surface area contributed by atoms with E-state index in [9.17, 15) is 17.6 Å². The molecular weight excluding hydrogens is 412 g/mol. The molecule has 1 aromatic heterocycles. The van der Waals surface area contributed by atoms with Crippen molar-refractivity contribution in [1.29, 1.82) is 0 Å². The van der Waals surface area contributed by atoms with E-state index >= 15 is 0 Å². The van der Waals surface area contributed by atoms with Gasteiger partial charge in [-0.05, 0) is 42.8 Å². The summed E-state index contributed by atoms with van der Waals surface area (Å²) < 4.78 is 57.6. The minimum absolute atomic E-state index is 0.0996. The van der Waals surface area contributed by atoms with Crippen molar-refractivity contribution in [1.82, 2.24) is 20.0 Å². The Labute approximate surface area is 177 Å². The van der Waals surface area contributed by atoms with Gasteiger partial charge in [-0.1, -0.05) is 18.2 Å². The third-order valence-corrected chi connectivity index (χ3v) is 5.50. The zero-order valence-electron chi connectivity index (χ0n) is 16.9. The molecule has 1 saturated heterocycles. The molecule has 0 N–H and O–H groups in total. The van der Waals surface area contributed by atoms with Gasteiger partial charge < -0.3 is 4.42 Å². The molecule has 9 heteroatoms. The molecule has 2 aromatic carbocycles. The Morgan fingerprint density at radius 1 is 1.00 bits per heavy atom. The molecule has 0 saturated carbocycles. The molecule has 1 unspecified atom stereocenters. The molecule has 3 aromatic rings. The van der Waals surface area contributed by atoms with E-state index in [1.807, 2.05) is 6.92 Å². The highest BCUT2D eigenvalue weighted by molar-refractivity contribution is 5.52. The Bertz CT molecular complexity index is 1010. The average molecular weight is 434 g/mol. The molecule has 1 aliphatic rings. The van der Waals surface area contributed by atoms with Crippen LogP contribution in [0.3, 0.4) is 0 Å². The number of piperazine rings is 1. The average Bonchev–Trinajstić information content (AvgIpc) is 3.24. The highest BCUT2D eigenvalue weighted by atomic mass is 19.4. The van der Waals surface area contributed by atoms with Crippen molar-refractivity contribution >= 4 is 0 Å². The SMILES string of the molecule is CC(c1nnc(-c2ccc(F)cc2)o1)N1CCN(Cc2cccc(C(F)(F)F)c2)CC1. The molecule has 1 aliphatic heterocycles. The molecule has 0 radical (unpaired) electrons. The Hall–Kier alpha value is -2.78. The largest absolute Gasteiger partial charge is 0.419 e. The van der Waals surface area contributed by atoms with Crippen molar-refractivity contribution < 1.29 is 22.0 Å². The maximum Gasteiger partial charge on any atom is 0.416 e. The summed E-state index contributed by atoms with van der Waals surface area (Å²) in [6.45, 7) is 5.35. The van der Waals surface area contributed by atoms with Gasteiger partial charge in [0, 0.05) is 38.3 Å². The fourth-order valence-corrected chi connectivity index (χ4v) is 3.68. The van der Waals surface area contributed by atoms with Crippen LogP contribution in [0, 0.1) is 5.82 Å². The first kappa shape index (κ1) is 21.5. The van der Waals surface area contributed by atoms with Gasteiger partial charge in [0.2, 0.25) is 11.8 Å². The van der Waals surface area contributed by atoms with E-state index in [4.69, 9.17) is 4.42 Å². The van der Waals surface area contributed by atoms with Gasteiger partial charge in [-0.25, -0.2) is 4.39 Å². The third kappa shape index (κ3) is 5.11. The summed E-state index contributed by atoms with van der Waals surface area (Å²) in [5.41, 5.74) is 0.682. The van der Waals surface area contributed by atoms with Crippen LogP contribution in [0.4, 0.5) is 17.6 Å². The third-order valence-electron chi connectivity index (χ3n) is 5.50. The molecule has 31 heavy (non-hydrogen) atoms. The topological polar surface area (TPSA) is 45.4 Å². The van der Waals surface area contributed by atoms with Crippen LogP contribution in [0.5, 0.6) is 0 Å². The van der Waals surface area contributed by atoms with E-state index in [0.29, 0.717) is 29.5 Å². The van der Waals surface area contributed by atoms with Gasteiger partial charge in [0.15, 0.2) is 0 Å². The van der Waals surface area contributed by atoms with Crippen molar-refractivity contribution in [3.63, 3.8) is 0 Å². The van der Waals surface area contributed by atoms with Crippen molar-refractivity contribution in [2.24, 2.45) is 0 Å². The van der Waals surface area contributed by atoms with Gasteiger partial charge in [0.1, 0.15) is 5.82 Å². The second kappa shape index (κ2) is 8.76. The first-order chi connectivity index (χ1) is 14.8. The van der Waals surface area contributed by atoms with Gasteiger partial charge in [-0.2, -0.15) is 13.2 Å². The Balaban J connectivity index is 1.34. The number of benzene rings is 2. The second-order valence-corrected chi connectivity index (χ2v) is 7.64. The molecule has 0 bridgehead atoms. The second-order valence-electron chi connectivity index (χ2n) is 7.64. The van der Waals surface area contributed by atoms with E-state index < -0.39 is 11.7 Å². The normalized spacial score (nSPS) is 17.1. The van der Waals surface area contributed by atoms with Gasteiger partial charge in [0.25, 0.3) is 0 Å². The highest BCUT2D eigenvalue weighted by Crippen LogP contribution is 2.30. The van der Waals surface area contributed by atoms with Crippen LogP contribution >= 0.6 is 0 Å². The zero-order chi connectivity index (χ0) is 22.0. The van der Waals surface area contributed by atoms with E-state index in [-0.39, 0.29) is 11.9 Å². The van der Waals surface area contributed by atoms with Gasteiger partial charge in [-0.3, -0.25) is 9.80 Å². The lowest BCUT2D eigenvalue weighted by molar-refractivity contribution is -0.137. The quantitative estimate of drug-likeness (QED) is 0.541. The summed E-state index contributed by atoms with van der Waals surface area (Å²) in [4.78, 5) is 4.33. The molecule has 5 nitrogen and oxygen atoms in total. The number of hydrogen-bond acceptors (Lipinski definition) is 5. The van der Waals surface area contributed by atoms with Crippen molar-refractivity contribution in [3.8, 4) is 11.5 Å². The van der Waals surface area contributed by atoms with Crippen LogP contribution in [-0.4, -0.2) is 46.2 Å². The lowest BCUT2D eigenvalue weighted by Gasteiger charge is -2.36. The van der Waals surface area contributed by atoms with Gasteiger partial charge in [0.05, 0.1) is 11.6 Å². The molecule has 0 spiro atoms. The first-order valence-corrected chi connectivity index (χ1v) is 10.0. The molecule has 1 fully saturated rings. The summed E-state index contributed by atoms with van der Waals surface area (Å²) in [6, 6.07) is 11.2. The smallest absolute Gasteiger partial charge is 0.416 e. The number of aromatic nitrogens is 2. The van der Waals surface area contributed by atoms with Crippen LogP contribution in [-0.2, 0) is 12.7 Å². The van der Waals surface area contributed by atoms with Crippen molar-refractivity contribution in [2.75, 3.05) is 26.2 Å². The lowest BCUT2D eigenvalue weighted by atomic mass is 10.1. The molecule has 0 aliphatic carbocycles. The predicted octanol–water partition coefficient (Wildman–Crippen LogP) is 4.77. The Morgan fingerprint density at radius 3 is 2.39 bits per heavy atom. The van der Waals surface area contributed by atoms with Gasteiger partial charge in [-0.15, -0.1) is 10.2 Å².